The van der Waals surface area contributed by atoms with Gasteiger partial charge in [0.15, 0.2) is 0 Å². The van der Waals surface area contributed by atoms with Gasteiger partial charge in [0.2, 0.25) is 0 Å². The second-order valence-electron chi connectivity index (χ2n) is 13.8. The van der Waals surface area contributed by atoms with Gasteiger partial charge < -0.3 is 0 Å². The van der Waals surface area contributed by atoms with Crippen LogP contribution in [0.2, 0.25) is 0 Å². The third-order valence-corrected chi connectivity index (χ3v) is 10.9. The molecule has 0 saturated carbocycles. The summed E-state index contributed by atoms with van der Waals surface area (Å²) in [4.78, 5) is 0. The fourth-order valence-electron chi connectivity index (χ4n) is 8.57. The van der Waals surface area contributed by atoms with Gasteiger partial charge in [-0.1, -0.05) is 158 Å². The van der Waals surface area contributed by atoms with Crippen LogP contribution in [0.3, 0.4) is 0 Å². The summed E-state index contributed by atoms with van der Waals surface area (Å²) in [6.45, 7) is 0. The average molecular weight is 683 g/mol. The Morgan fingerprint density at radius 1 is 0.259 bits per heavy atom. The van der Waals surface area contributed by atoms with Crippen molar-refractivity contribution in [1.82, 2.24) is 0 Å². The molecule has 0 aliphatic rings. The van der Waals surface area contributed by atoms with Crippen molar-refractivity contribution in [2.24, 2.45) is 0 Å². The fraction of sp³-hybridized carbons (Fsp3) is 0. The Labute approximate surface area is 313 Å². The van der Waals surface area contributed by atoms with Crippen LogP contribution in [0.5, 0.6) is 0 Å². The predicted octanol–water partition coefficient (Wildman–Crippen LogP) is 13.9. The highest BCUT2D eigenvalue weighted by Crippen LogP contribution is 2.49. The van der Waals surface area contributed by atoms with E-state index in [0.717, 1.165) is 98.4 Å². The monoisotopic (exact) mass is 682 g/mol. The van der Waals surface area contributed by atoms with Gasteiger partial charge in [-0.05, 0) is 123 Å². The van der Waals surface area contributed by atoms with Gasteiger partial charge in [-0.3, -0.25) is 0 Å². The molecule has 0 aliphatic carbocycles. The number of hydrogen-bond acceptors (Lipinski definition) is 2. The third kappa shape index (κ3) is 4.79. The lowest BCUT2D eigenvalue weighted by atomic mass is 9.82. The largest absolute Gasteiger partial charge is 0.192 e. The molecule has 0 bridgehead atoms. The molecule has 0 aromatic heterocycles. The minimum absolute atomic E-state index is 0.375. The minimum atomic E-state index is 0.375. The van der Waals surface area contributed by atoms with Crippen LogP contribution in [0.15, 0.2) is 182 Å². The highest BCUT2D eigenvalue weighted by molar-refractivity contribution is 6.38. The number of rotatable bonds is 4. The molecule has 10 aromatic carbocycles. The zero-order chi connectivity index (χ0) is 36.2. The molecule has 248 valence electrons. The quantitative estimate of drug-likeness (QED) is 0.173. The zero-order valence-electron chi connectivity index (χ0n) is 29.2. The Bertz CT molecular complexity index is 3000. The smallest absolute Gasteiger partial charge is 0.101 e. The molecule has 10 rings (SSSR count). The van der Waals surface area contributed by atoms with Gasteiger partial charge in [0, 0.05) is 0 Å². The topological polar surface area (TPSA) is 47.6 Å². The SMILES string of the molecule is N#Cc1cc2c(cc1C#N)c1cc(-c3ccccc3-c3ccccc3)c3ccccc3c1c1c3ccccc3c(-c3ccccc3-c3ccccc3)cc21. The highest BCUT2D eigenvalue weighted by atomic mass is 14.3. The Balaban J connectivity index is 1.42. The van der Waals surface area contributed by atoms with Gasteiger partial charge in [-0.25, -0.2) is 0 Å². The maximum atomic E-state index is 10.3. The highest BCUT2D eigenvalue weighted by Gasteiger charge is 2.22. The van der Waals surface area contributed by atoms with Crippen LogP contribution in [-0.2, 0) is 0 Å². The molecule has 0 N–H and O–H groups in total. The van der Waals surface area contributed by atoms with Crippen molar-refractivity contribution in [2.45, 2.75) is 0 Å². The summed E-state index contributed by atoms with van der Waals surface area (Å²) >= 11 is 0. The van der Waals surface area contributed by atoms with Crippen molar-refractivity contribution in [2.75, 3.05) is 0 Å². The molecule has 0 spiro atoms. The van der Waals surface area contributed by atoms with E-state index in [4.69, 9.17) is 0 Å². The zero-order valence-corrected chi connectivity index (χ0v) is 29.2. The van der Waals surface area contributed by atoms with Gasteiger partial charge >= 0.3 is 0 Å². The Hall–Kier alpha value is -7.52. The van der Waals surface area contributed by atoms with E-state index in [1.165, 1.54) is 0 Å². The molecule has 2 heteroatoms. The molecule has 0 saturated heterocycles. The summed E-state index contributed by atoms with van der Waals surface area (Å²) in [5, 5.41) is 31.6. The minimum Gasteiger partial charge on any atom is -0.192 e. The lowest BCUT2D eigenvalue weighted by molar-refractivity contribution is 1.45. The van der Waals surface area contributed by atoms with Crippen LogP contribution in [0.1, 0.15) is 11.1 Å². The fourth-order valence-corrected chi connectivity index (χ4v) is 8.57. The first-order valence-corrected chi connectivity index (χ1v) is 18.1. The first-order valence-electron chi connectivity index (χ1n) is 18.1. The number of nitriles is 2. The summed E-state index contributed by atoms with van der Waals surface area (Å²) < 4.78 is 0. The summed E-state index contributed by atoms with van der Waals surface area (Å²) in [7, 11) is 0. The van der Waals surface area contributed by atoms with Crippen LogP contribution in [-0.4, -0.2) is 0 Å². The standard InChI is InChI=1S/C52H30N2/c53-31-35-27-45-46(28-36(35)32-54)50-30-48(40-22-10-8-20-38(40)34-17-5-2-6-18-34)42-24-12-14-26-44(42)52(50)51-43-25-13-11-23-41(43)47(29-49(45)51)39-21-9-7-19-37(39)33-15-3-1-4-16-33/h1-30H. The summed E-state index contributed by atoms with van der Waals surface area (Å²) in [5.41, 5.74) is 9.90. The first kappa shape index (κ1) is 31.2. The molecule has 0 amide bonds. The van der Waals surface area contributed by atoms with Crippen LogP contribution in [0, 0.1) is 22.7 Å². The van der Waals surface area contributed by atoms with E-state index >= 15 is 0 Å². The van der Waals surface area contributed by atoms with Crippen LogP contribution >= 0.6 is 0 Å². The van der Waals surface area contributed by atoms with Gasteiger partial charge in [-0.2, -0.15) is 10.5 Å². The van der Waals surface area contributed by atoms with E-state index in [0.29, 0.717) is 11.1 Å². The van der Waals surface area contributed by atoms with Crippen molar-refractivity contribution >= 4 is 53.9 Å². The van der Waals surface area contributed by atoms with Crippen molar-refractivity contribution < 1.29 is 0 Å². The van der Waals surface area contributed by atoms with Gasteiger partial charge in [0.1, 0.15) is 12.1 Å². The van der Waals surface area contributed by atoms with Crippen molar-refractivity contribution in [3.05, 3.63) is 193 Å². The summed E-state index contributed by atoms with van der Waals surface area (Å²) in [6.07, 6.45) is 0. The number of hydrogen-bond donors (Lipinski definition) is 0. The Morgan fingerprint density at radius 2 is 0.593 bits per heavy atom. The van der Waals surface area contributed by atoms with E-state index in [-0.39, 0.29) is 0 Å². The number of benzene rings is 10. The molecule has 0 heterocycles. The van der Waals surface area contributed by atoms with Gasteiger partial charge in [0.25, 0.3) is 0 Å². The van der Waals surface area contributed by atoms with E-state index in [1.54, 1.807) is 0 Å². The maximum absolute atomic E-state index is 10.3. The molecule has 0 aliphatic heterocycles. The lowest BCUT2D eigenvalue weighted by Gasteiger charge is -2.21. The van der Waals surface area contributed by atoms with Crippen LogP contribution in [0.4, 0.5) is 0 Å². The molecular weight excluding hydrogens is 653 g/mol. The normalized spacial score (nSPS) is 11.3. The Kier molecular flexibility index (Phi) is 7.29. The van der Waals surface area contributed by atoms with Crippen molar-refractivity contribution in [3.8, 4) is 56.6 Å². The lowest BCUT2D eigenvalue weighted by Crippen LogP contribution is -1.94. The van der Waals surface area contributed by atoms with Crippen LogP contribution < -0.4 is 0 Å². The van der Waals surface area contributed by atoms with E-state index in [2.05, 4.69) is 170 Å². The van der Waals surface area contributed by atoms with Crippen LogP contribution in [0.25, 0.3) is 98.4 Å². The molecular formula is C52H30N2. The average Bonchev–Trinajstić information content (AvgIpc) is 3.25. The molecule has 0 unspecified atom stereocenters. The summed E-state index contributed by atoms with van der Waals surface area (Å²) in [6, 6.07) is 68.9. The number of nitrogens with zero attached hydrogens (tertiary/aromatic N) is 2. The van der Waals surface area contributed by atoms with E-state index in [9.17, 15) is 10.5 Å². The van der Waals surface area contributed by atoms with Crippen molar-refractivity contribution in [1.29, 1.82) is 10.5 Å². The van der Waals surface area contributed by atoms with E-state index < -0.39 is 0 Å². The first-order chi connectivity index (χ1) is 26.7. The second kappa shape index (κ2) is 12.6. The second-order valence-corrected chi connectivity index (χ2v) is 13.8. The molecule has 0 radical (unpaired) electrons. The number of fused-ring (bicyclic) bond motifs is 10. The summed E-state index contributed by atoms with van der Waals surface area (Å²) in [5.74, 6) is 0. The maximum Gasteiger partial charge on any atom is 0.101 e. The molecule has 0 fully saturated rings. The molecule has 2 nitrogen and oxygen atoms in total. The molecule has 54 heavy (non-hydrogen) atoms. The predicted molar refractivity (Wildman–Crippen MR) is 225 cm³/mol. The van der Waals surface area contributed by atoms with Gasteiger partial charge in [-0.15, -0.1) is 0 Å². The Morgan fingerprint density at radius 3 is 0.981 bits per heavy atom. The third-order valence-electron chi connectivity index (χ3n) is 10.9. The van der Waals surface area contributed by atoms with Crippen molar-refractivity contribution in [3.63, 3.8) is 0 Å². The van der Waals surface area contributed by atoms with E-state index in [1.807, 2.05) is 24.3 Å². The molecule has 0 atom stereocenters. The van der Waals surface area contributed by atoms with Gasteiger partial charge in [0.05, 0.1) is 11.1 Å². The molecule has 10 aromatic rings.